The Kier molecular flexibility index (Phi) is 7.65. The molecule has 0 fully saturated rings. The van der Waals surface area contributed by atoms with E-state index in [9.17, 15) is 27.7 Å². The lowest BCUT2D eigenvalue weighted by molar-refractivity contribution is -0.384. The van der Waals surface area contributed by atoms with Crippen molar-refractivity contribution in [3.63, 3.8) is 0 Å². The van der Waals surface area contributed by atoms with Gasteiger partial charge in [0.05, 0.1) is 16.4 Å². The third-order valence-corrected chi connectivity index (χ3v) is 6.92. The quantitative estimate of drug-likeness (QED) is 0.342. The van der Waals surface area contributed by atoms with Crippen LogP contribution in [0.15, 0.2) is 71.6 Å². The van der Waals surface area contributed by atoms with Crippen LogP contribution in [0.2, 0.25) is 10.0 Å². The van der Waals surface area contributed by atoms with E-state index < -0.39 is 39.8 Å². The maximum absolute atomic E-state index is 14.4. The molecule has 0 bridgehead atoms. The van der Waals surface area contributed by atoms with Gasteiger partial charge in [-0.15, -0.1) is 0 Å². The average Bonchev–Trinajstić information content (AvgIpc) is 2.76. The van der Waals surface area contributed by atoms with Crippen molar-refractivity contribution >= 4 is 50.5 Å². The maximum Gasteiger partial charge on any atom is 0.271 e. The standard InChI is InChI=1S/C21H16Cl2FN3O5S/c22-14-7-9-17(10-8-14)33(31,32)26(12-18-19(23)5-2-6-20(18)24)13-21(28)25-15-3-1-4-16(11-15)27(29)30/h1-11H,12-13H2,(H,25,28). The van der Waals surface area contributed by atoms with Crippen LogP contribution in [0.25, 0.3) is 0 Å². The molecule has 0 aliphatic rings. The van der Waals surface area contributed by atoms with Crippen LogP contribution >= 0.6 is 23.2 Å². The highest BCUT2D eigenvalue weighted by molar-refractivity contribution is 7.89. The summed E-state index contributed by atoms with van der Waals surface area (Å²) >= 11 is 11.9. The van der Waals surface area contributed by atoms with Crippen molar-refractivity contribution in [3.8, 4) is 0 Å². The zero-order valence-electron chi connectivity index (χ0n) is 16.7. The summed E-state index contributed by atoms with van der Waals surface area (Å²) in [5.74, 6) is -1.53. The molecule has 3 aromatic carbocycles. The molecule has 0 aromatic heterocycles. The number of nitro benzene ring substituents is 1. The molecular weight excluding hydrogens is 496 g/mol. The summed E-state index contributed by atoms with van der Waals surface area (Å²) in [4.78, 5) is 22.8. The van der Waals surface area contributed by atoms with Crippen LogP contribution in [0.3, 0.4) is 0 Å². The Labute approximate surface area is 198 Å². The van der Waals surface area contributed by atoms with Crippen molar-refractivity contribution in [2.24, 2.45) is 0 Å². The van der Waals surface area contributed by atoms with Gasteiger partial charge in [-0.1, -0.05) is 35.3 Å². The van der Waals surface area contributed by atoms with Crippen LogP contribution in [0.4, 0.5) is 15.8 Å². The van der Waals surface area contributed by atoms with Gasteiger partial charge < -0.3 is 5.32 Å². The van der Waals surface area contributed by atoms with Gasteiger partial charge >= 0.3 is 0 Å². The molecule has 0 spiro atoms. The van der Waals surface area contributed by atoms with E-state index in [1.54, 1.807) is 0 Å². The normalized spacial score (nSPS) is 11.4. The van der Waals surface area contributed by atoms with Gasteiger partial charge in [-0.3, -0.25) is 14.9 Å². The number of nitro groups is 1. The first kappa shape index (κ1) is 24.6. The number of nitrogens with zero attached hydrogens (tertiary/aromatic N) is 2. The first-order chi connectivity index (χ1) is 15.6. The monoisotopic (exact) mass is 511 g/mol. The second-order valence-corrected chi connectivity index (χ2v) is 9.56. The van der Waals surface area contributed by atoms with E-state index in [1.807, 2.05) is 0 Å². The molecule has 8 nitrogen and oxygen atoms in total. The molecule has 1 amide bonds. The number of hydrogen-bond acceptors (Lipinski definition) is 5. The van der Waals surface area contributed by atoms with E-state index in [4.69, 9.17) is 23.2 Å². The molecule has 172 valence electrons. The van der Waals surface area contributed by atoms with E-state index in [0.717, 1.165) is 16.4 Å². The first-order valence-electron chi connectivity index (χ1n) is 9.31. The smallest absolute Gasteiger partial charge is 0.271 e. The van der Waals surface area contributed by atoms with E-state index >= 15 is 0 Å². The summed E-state index contributed by atoms with van der Waals surface area (Å²) in [5.41, 5.74) is -0.265. The predicted molar refractivity (Wildman–Crippen MR) is 122 cm³/mol. The molecule has 0 radical (unpaired) electrons. The van der Waals surface area contributed by atoms with Gasteiger partial charge in [0, 0.05) is 40.0 Å². The number of hydrogen-bond donors (Lipinski definition) is 1. The summed E-state index contributed by atoms with van der Waals surface area (Å²) in [7, 11) is -4.28. The zero-order chi connectivity index (χ0) is 24.2. The predicted octanol–water partition coefficient (Wildman–Crippen LogP) is 4.87. The van der Waals surface area contributed by atoms with Gasteiger partial charge in [-0.2, -0.15) is 4.31 Å². The van der Waals surface area contributed by atoms with Crippen LogP contribution < -0.4 is 5.32 Å². The Hall–Kier alpha value is -3.05. The lowest BCUT2D eigenvalue weighted by atomic mass is 10.2. The SMILES string of the molecule is O=C(CN(Cc1c(F)cccc1Cl)S(=O)(=O)c1ccc(Cl)cc1)Nc1cccc([N+](=O)[O-])c1. The molecule has 3 rings (SSSR count). The number of non-ortho nitro benzene ring substituents is 1. The number of halogens is 3. The van der Waals surface area contributed by atoms with Crippen LogP contribution in [0.5, 0.6) is 0 Å². The Morgan fingerprint density at radius 1 is 1.06 bits per heavy atom. The van der Waals surface area contributed by atoms with Gasteiger partial charge in [0.2, 0.25) is 15.9 Å². The fraction of sp³-hybridized carbons (Fsp3) is 0.0952. The van der Waals surface area contributed by atoms with Gasteiger partial charge in [0.15, 0.2) is 0 Å². The molecule has 0 saturated heterocycles. The number of benzene rings is 3. The Morgan fingerprint density at radius 3 is 2.36 bits per heavy atom. The molecule has 0 aliphatic heterocycles. The Bertz CT molecular complexity index is 1280. The Balaban J connectivity index is 1.93. The molecule has 0 unspecified atom stereocenters. The number of nitrogens with one attached hydrogen (secondary N) is 1. The van der Waals surface area contributed by atoms with Crippen molar-refractivity contribution in [2.45, 2.75) is 11.4 Å². The largest absolute Gasteiger partial charge is 0.325 e. The molecule has 0 saturated carbocycles. The fourth-order valence-corrected chi connectivity index (χ4v) is 4.61. The fourth-order valence-electron chi connectivity index (χ4n) is 2.90. The van der Waals surface area contributed by atoms with E-state index in [0.29, 0.717) is 5.02 Å². The minimum atomic E-state index is -4.28. The molecule has 33 heavy (non-hydrogen) atoms. The molecule has 0 aliphatic carbocycles. The lowest BCUT2D eigenvalue weighted by Crippen LogP contribution is -2.37. The summed E-state index contributed by atoms with van der Waals surface area (Å²) in [5, 5.41) is 13.7. The lowest BCUT2D eigenvalue weighted by Gasteiger charge is -2.23. The number of carbonyl (C=O) groups is 1. The van der Waals surface area contributed by atoms with Crippen LogP contribution in [0, 0.1) is 15.9 Å². The van der Waals surface area contributed by atoms with Crippen molar-refractivity contribution in [1.29, 1.82) is 0 Å². The number of amides is 1. The number of sulfonamides is 1. The average molecular weight is 512 g/mol. The third kappa shape index (κ3) is 6.05. The second-order valence-electron chi connectivity index (χ2n) is 6.78. The Morgan fingerprint density at radius 2 is 1.73 bits per heavy atom. The summed E-state index contributed by atoms with van der Waals surface area (Å²) < 4.78 is 41.6. The molecule has 3 aromatic rings. The molecule has 0 heterocycles. The number of carbonyl (C=O) groups excluding carboxylic acids is 1. The van der Waals surface area contributed by atoms with Gasteiger partial charge in [0.25, 0.3) is 5.69 Å². The van der Waals surface area contributed by atoms with Crippen LogP contribution in [-0.4, -0.2) is 30.1 Å². The van der Waals surface area contributed by atoms with Crippen molar-refractivity contribution < 1.29 is 22.5 Å². The molecule has 1 N–H and O–H groups in total. The highest BCUT2D eigenvalue weighted by Crippen LogP contribution is 2.26. The summed E-state index contributed by atoms with van der Waals surface area (Å²) in [6, 6.07) is 14.3. The topological polar surface area (TPSA) is 110 Å². The molecular formula is C21H16Cl2FN3O5S. The van der Waals surface area contributed by atoms with Gasteiger partial charge in [-0.05, 0) is 42.5 Å². The number of rotatable bonds is 8. The highest BCUT2D eigenvalue weighted by atomic mass is 35.5. The minimum Gasteiger partial charge on any atom is -0.325 e. The zero-order valence-corrected chi connectivity index (χ0v) is 19.1. The number of anilines is 1. The van der Waals surface area contributed by atoms with Crippen molar-refractivity contribution in [3.05, 3.63) is 98.3 Å². The van der Waals surface area contributed by atoms with Crippen molar-refractivity contribution in [2.75, 3.05) is 11.9 Å². The summed E-state index contributed by atoms with van der Waals surface area (Å²) in [6.45, 7) is -1.24. The summed E-state index contributed by atoms with van der Waals surface area (Å²) in [6.07, 6.45) is 0. The van der Waals surface area contributed by atoms with Crippen LogP contribution in [-0.2, 0) is 21.4 Å². The van der Waals surface area contributed by atoms with Gasteiger partial charge in [0.1, 0.15) is 5.82 Å². The van der Waals surface area contributed by atoms with Crippen molar-refractivity contribution in [1.82, 2.24) is 4.31 Å². The molecule has 12 heteroatoms. The van der Waals surface area contributed by atoms with E-state index in [2.05, 4.69) is 5.32 Å². The van der Waals surface area contributed by atoms with Gasteiger partial charge in [-0.25, -0.2) is 12.8 Å². The van der Waals surface area contributed by atoms with E-state index in [-0.39, 0.29) is 26.9 Å². The first-order valence-corrected chi connectivity index (χ1v) is 11.5. The second kappa shape index (κ2) is 10.3. The molecule has 0 atom stereocenters. The van der Waals surface area contributed by atoms with E-state index in [1.165, 1.54) is 54.6 Å². The minimum absolute atomic E-state index is 0.00889. The van der Waals surface area contributed by atoms with Crippen LogP contribution in [0.1, 0.15) is 5.56 Å². The maximum atomic E-state index is 14.4. The third-order valence-electron chi connectivity index (χ3n) is 4.51. The highest BCUT2D eigenvalue weighted by Gasteiger charge is 2.28.